The van der Waals surface area contributed by atoms with Crippen molar-refractivity contribution >= 4 is 48.9 Å². The Labute approximate surface area is 170 Å². The Morgan fingerprint density at radius 2 is 2.11 bits per heavy atom. The van der Waals surface area contributed by atoms with Gasteiger partial charge in [-0.3, -0.25) is 4.79 Å². The third kappa shape index (κ3) is 3.87. The number of hydrogen-bond donors (Lipinski definition) is 2. The monoisotopic (exact) mass is 412 g/mol. The summed E-state index contributed by atoms with van der Waals surface area (Å²) in [6.07, 6.45) is 0.455. The average Bonchev–Trinajstić information content (AvgIpc) is 3.32. The van der Waals surface area contributed by atoms with Gasteiger partial charge in [-0.05, 0) is 30.4 Å². The molecule has 1 atom stereocenters. The Bertz CT molecular complexity index is 1100. The highest BCUT2D eigenvalue weighted by Crippen LogP contribution is 2.38. The number of rotatable bonds is 7. The summed E-state index contributed by atoms with van der Waals surface area (Å²) >= 11 is 3.25. The summed E-state index contributed by atoms with van der Waals surface area (Å²) < 4.78 is 8.03. The topological polar surface area (TPSA) is 71.5 Å². The van der Waals surface area contributed by atoms with E-state index in [0.29, 0.717) is 12.2 Å². The number of aliphatic hydroxyl groups excluding tert-OH is 1. The van der Waals surface area contributed by atoms with E-state index >= 15 is 0 Å². The molecule has 144 valence electrons. The Kier molecular flexibility index (Phi) is 5.57. The van der Waals surface area contributed by atoms with Gasteiger partial charge in [0.15, 0.2) is 6.61 Å². The molecule has 0 aliphatic rings. The van der Waals surface area contributed by atoms with Crippen LogP contribution in [-0.2, 0) is 4.79 Å². The van der Waals surface area contributed by atoms with E-state index in [0.717, 1.165) is 30.9 Å². The van der Waals surface area contributed by atoms with Gasteiger partial charge in [0.1, 0.15) is 5.75 Å². The summed E-state index contributed by atoms with van der Waals surface area (Å²) in [4.78, 5) is 17.1. The summed E-state index contributed by atoms with van der Waals surface area (Å²) in [6.45, 7) is 1.91. The van der Waals surface area contributed by atoms with Crippen molar-refractivity contribution in [3.05, 3.63) is 58.4 Å². The van der Waals surface area contributed by atoms with Gasteiger partial charge < -0.3 is 15.2 Å². The molecule has 2 aromatic heterocycles. The summed E-state index contributed by atoms with van der Waals surface area (Å²) in [7, 11) is 0. The molecule has 0 saturated carbocycles. The molecule has 0 radical (unpaired) electrons. The van der Waals surface area contributed by atoms with Crippen LogP contribution in [0.4, 0.5) is 0 Å². The first-order chi connectivity index (χ1) is 13.7. The molecule has 1 unspecified atom stereocenters. The van der Waals surface area contributed by atoms with Gasteiger partial charge in [0.05, 0.1) is 26.0 Å². The number of ether oxygens (including phenoxy) is 1. The van der Waals surface area contributed by atoms with Crippen LogP contribution in [0.15, 0.2) is 47.8 Å². The number of aromatic nitrogens is 1. The van der Waals surface area contributed by atoms with E-state index in [1.165, 1.54) is 0 Å². The van der Waals surface area contributed by atoms with Crippen LogP contribution in [0.3, 0.4) is 0 Å². The van der Waals surface area contributed by atoms with Crippen LogP contribution in [-0.4, -0.2) is 29.2 Å². The van der Waals surface area contributed by atoms with Crippen LogP contribution in [0.2, 0.25) is 0 Å². The van der Waals surface area contributed by atoms with Crippen molar-refractivity contribution in [2.45, 2.75) is 19.4 Å². The lowest BCUT2D eigenvalue weighted by Crippen LogP contribution is -2.33. The van der Waals surface area contributed by atoms with Crippen molar-refractivity contribution < 1.29 is 14.6 Å². The van der Waals surface area contributed by atoms with E-state index in [-0.39, 0.29) is 25.2 Å². The van der Waals surface area contributed by atoms with Gasteiger partial charge in [-0.2, -0.15) is 0 Å². The van der Waals surface area contributed by atoms with Crippen LogP contribution >= 0.6 is 22.7 Å². The molecule has 0 aliphatic heterocycles. The number of carbonyl (C=O) groups excluding carboxylic acids is 1. The van der Waals surface area contributed by atoms with Crippen molar-refractivity contribution in [2.75, 3.05) is 13.2 Å². The number of thiophene rings is 1. The molecule has 5 nitrogen and oxygen atoms in total. The molecule has 7 heteroatoms. The van der Waals surface area contributed by atoms with Crippen LogP contribution < -0.4 is 10.1 Å². The van der Waals surface area contributed by atoms with Crippen LogP contribution in [0.5, 0.6) is 5.75 Å². The third-order valence-corrected chi connectivity index (χ3v) is 6.32. The number of aliphatic hydroxyl groups is 1. The van der Waals surface area contributed by atoms with Crippen molar-refractivity contribution in [2.24, 2.45) is 0 Å². The highest BCUT2D eigenvalue weighted by Gasteiger charge is 2.16. The quantitative estimate of drug-likeness (QED) is 0.471. The summed E-state index contributed by atoms with van der Waals surface area (Å²) in [5.74, 6) is 0.479. The van der Waals surface area contributed by atoms with Gasteiger partial charge in [0.2, 0.25) is 0 Å². The maximum absolute atomic E-state index is 12.5. The van der Waals surface area contributed by atoms with Gasteiger partial charge in [-0.25, -0.2) is 4.98 Å². The average molecular weight is 413 g/mol. The minimum atomic E-state index is -0.241. The van der Waals surface area contributed by atoms with Crippen LogP contribution in [0.1, 0.15) is 23.0 Å². The number of amides is 1. The van der Waals surface area contributed by atoms with E-state index in [9.17, 15) is 9.90 Å². The summed E-state index contributed by atoms with van der Waals surface area (Å²) in [5, 5.41) is 16.3. The highest BCUT2D eigenvalue weighted by molar-refractivity contribution is 7.21. The molecular weight excluding hydrogens is 392 g/mol. The second-order valence-electron chi connectivity index (χ2n) is 6.45. The molecule has 0 bridgehead atoms. The molecule has 2 aromatic carbocycles. The molecular formula is C21H20N2O3S2. The minimum Gasteiger partial charge on any atom is -0.483 e. The van der Waals surface area contributed by atoms with Gasteiger partial charge in [0, 0.05) is 18.1 Å². The summed E-state index contributed by atoms with van der Waals surface area (Å²) in [6, 6.07) is 13.4. The Balaban J connectivity index is 1.50. The van der Waals surface area contributed by atoms with Crippen LogP contribution in [0.25, 0.3) is 20.3 Å². The van der Waals surface area contributed by atoms with Crippen LogP contribution in [0, 0.1) is 6.92 Å². The van der Waals surface area contributed by atoms with Gasteiger partial charge in [-0.15, -0.1) is 22.7 Å². The zero-order valence-electron chi connectivity index (χ0n) is 15.3. The van der Waals surface area contributed by atoms with Gasteiger partial charge >= 0.3 is 0 Å². The molecule has 0 fully saturated rings. The van der Waals surface area contributed by atoms with Gasteiger partial charge in [-0.1, -0.05) is 30.3 Å². The maximum atomic E-state index is 12.5. The fraction of sp³-hybridized carbons (Fsp3) is 0.238. The predicted octanol–water partition coefficient (Wildman–Crippen LogP) is 4.44. The lowest BCUT2D eigenvalue weighted by molar-refractivity contribution is -0.123. The molecule has 2 N–H and O–H groups in total. The fourth-order valence-electron chi connectivity index (χ4n) is 3.22. The van der Waals surface area contributed by atoms with E-state index in [4.69, 9.17) is 4.74 Å². The largest absolute Gasteiger partial charge is 0.483 e. The van der Waals surface area contributed by atoms with Gasteiger partial charge in [0.25, 0.3) is 5.91 Å². The lowest BCUT2D eigenvalue weighted by Gasteiger charge is -2.18. The fourth-order valence-corrected chi connectivity index (χ4v) is 5.06. The van der Waals surface area contributed by atoms with Crippen molar-refractivity contribution in [3.8, 4) is 5.75 Å². The Hall–Kier alpha value is -2.48. The maximum Gasteiger partial charge on any atom is 0.258 e. The standard InChI is InChI=1S/C21H20N2O3S2/c1-13-22-20-18(28-13)11-17(15-8-10-27-21(15)20)26-12-19(25)23-16(7-9-24)14-5-3-2-4-6-14/h2-6,8,10-11,16,24H,7,9,12H2,1H3,(H,23,25). The number of nitrogens with zero attached hydrogens (tertiary/aromatic N) is 1. The van der Waals surface area contributed by atoms with Crippen molar-refractivity contribution in [1.82, 2.24) is 10.3 Å². The smallest absolute Gasteiger partial charge is 0.258 e. The number of aryl methyl sites for hydroxylation is 1. The molecule has 2 heterocycles. The van der Waals surface area contributed by atoms with E-state index in [1.54, 1.807) is 22.7 Å². The predicted molar refractivity (Wildman–Crippen MR) is 114 cm³/mol. The number of thiazole rings is 1. The zero-order chi connectivity index (χ0) is 19.5. The summed E-state index contributed by atoms with van der Waals surface area (Å²) in [5.41, 5.74) is 1.96. The molecule has 0 saturated heterocycles. The molecule has 4 aromatic rings. The first kappa shape index (κ1) is 18.9. The van der Waals surface area contributed by atoms with E-state index in [2.05, 4.69) is 10.3 Å². The Morgan fingerprint density at radius 3 is 2.89 bits per heavy atom. The molecule has 4 rings (SSSR count). The number of fused-ring (bicyclic) bond motifs is 3. The van der Waals surface area contributed by atoms with E-state index < -0.39 is 0 Å². The minimum absolute atomic E-state index is 0.00236. The molecule has 1 amide bonds. The zero-order valence-corrected chi connectivity index (χ0v) is 17.0. The van der Waals surface area contributed by atoms with Crippen molar-refractivity contribution in [3.63, 3.8) is 0 Å². The number of hydrogen-bond acceptors (Lipinski definition) is 6. The molecule has 28 heavy (non-hydrogen) atoms. The number of benzene rings is 2. The normalized spacial score (nSPS) is 12.4. The molecule has 0 spiro atoms. The lowest BCUT2D eigenvalue weighted by atomic mass is 10.0. The van der Waals surface area contributed by atoms with E-state index in [1.807, 2.05) is 54.8 Å². The second kappa shape index (κ2) is 8.26. The third-order valence-electron chi connectivity index (χ3n) is 4.48. The highest BCUT2D eigenvalue weighted by atomic mass is 32.1. The molecule has 0 aliphatic carbocycles. The first-order valence-corrected chi connectivity index (χ1v) is 10.7. The first-order valence-electron chi connectivity index (χ1n) is 9.01. The van der Waals surface area contributed by atoms with Crippen molar-refractivity contribution in [1.29, 1.82) is 0 Å². The number of carbonyl (C=O) groups is 1. The second-order valence-corrected chi connectivity index (χ2v) is 8.60. The number of nitrogens with one attached hydrogen (secondary N) is 1. The SMILES string of the molecule is Cc1nc2c(cc(OCC(=O)NC(CCO)c3ccccc3)c3ccsc32)s1. The Morgan fingerprint density at radius 1 is 1.29 bits per heavy atom.